The SMILES string of the molecule is CCSc1ncc2c(CO[Si](C)(C)C(C)(C)C)c(Cl)c(I)c(F)c2n1. The number of aromatic nitrogens is 2. The van der Waals surface area contributed by atoms with Gasteiger partial charge in [-0.25, -0.2) is 14.4 Å². The molecule has 0 aliphatic heterocycles. The van der Waals surface area contributed by atoms with Gasteiger partial charge in [0.25, 0.3) is 0 Å². The molecule has 0 radical (unpaired) electrons. The average Bonchev–Trinajstić information content (AvgIpc) is 2.52. The zero-order valence-corrected chi connectivity index (χ0v) is 20.1. The molecular formula is C17H23ClFIN2OSSi. The van der Waals surface area contributed by atoms with Crippen molar-refractivity contribution < 1.29 is 8.82 Å². The van der Waals surface area contributed by atoms with Crippen molar-refractivity contribution in [3.8, 4) is 0 Å². The molecule has 1 aromatic carbocycles. The molecule has 2 aromatic rings. The van der Waals surface area contributed by atoms with Crippen molar-refractivity contribution in [2.45, 2.75) is 57.6 Å². The summed E-state index contributed by atoms with van der Waals surface area (Å²) in [7, 11) is -1.95. The topological polar surface area (TPSA) is 35.0 Å². The first-order valence-corrected chi connectivity index (χ1v) is 13.4. The molecule has 1 heterocycles. The fraction of sp³-hybridized carbons (Fsp3) is 0.529. The van der Waals surface area contributed by atoms with Gasteiger partial charge >= 0.3 is 0 Å². The van der Waals surface area contributed by atoms with Gasteiger partial charge in [-0.3, -0.25) is 0 Å². The Bertz CT molecular complexity index is 799. The molecule has 0 atom stereocenters. The Morgan fingerprint density at radius 2 is 2.00 bits per heavy atom. The standard InChI is InChI=1S/C17H23ClFIN2OSSi/c1-7-24-16-21-8-10-11(9-23-25(5,6)17(2,3)4)12(18)14(20)13(19)15(10)22-16/h8H,7,9H2,1-6H3. The molecule has 138 valence electrons. The molecule has 1 aromatic heterocycles. The molecule has 0 saturated carbocycles. The third-order valence-corrected chi connectivity index (χ3v) is 11.6. The Morgan fingerprint density at radius 3 is 2.56 bits per heavy atom. The van der Waals surface area contributed by atoms with Crippen LogP contribution >= 0.6 is 46.0 Å². The monoisotopic (exact) mass is 512 g/mol. The number of fused-ring (bicyclic) bond motifs is 1. The number of nitrogens with zero attached hydrogens (tertiary/aromatic N) is 2. The Kier molecular flexibility index (Phi) is 6.79. The summed E-state index contributed by atoms with van der Waals surface area (Å²) < 4.78 is 21.4. The molecular weight excluding hydrogens is 490 g/mol. The van der Waals surface area contributed by atoms with Gasteiger partial charge in [-0.05, 0) is 46.5 Å². The predicted octanol–water partition coefficient (Wildman–Crippen LogP) is 6.66. The van der Waals surface area contributed by atoms with Crippen molar-refractivity contribution in [2.24, 2.45) is 0 Å². The van der Waals surface area contributed by atoms with E-state index in [2.05, 4.69) is 43.8 Å². The number of hydrogen-bond donors (Lipinski definition) is 0. The maximum absolute atomic E-state index is 14.7. The minimum atomic E-state index is -1.95. The van der Waals surface area contributed by atoms with Crippen LogP contribution in [0.1, 0.15) is 33.3 Å². The maximum atomic E-state index is 14.7. The lowest BCUT2D eigenvalue weighted by Gasteiger charge is -2.36. The second-order valence-electron chi connectivity index (χ2n) is 7.32. The van der Waals surface area contributed by atoms with E-state index in [1.54, 1.807) is 6.20 Å². The molecule has 0 N–H and O–H groups in total. The number of benzene rings is 1. The Balaban J connectivity index is 2.52. The van der Waals surface area contributed by atoms with Crippen LogP contribution in [0.3, 0.4) is 0 Å². The van der Waals surface area contributed by atoms with Crippen molar-refractivity contribution >= 4 is 65.2 Å². The van der Waals surface area contributed by atoms with E-state index in [9.17, 15) is 4.39 Å². The number of rotatable bonds is 5. The minimum absolute atomic E-state index is 0.0872. The van der Waals surface area contributed by atoms with E-state index < -0.39 is 14.1 Å². The third-order valence-electron chi connectivity index (χ3n) is 4.61. The van der Waals surface area contributed by atoms with Crippen molar-refractivity contribution in [2.75, 3.05) is 5.75 Å². The van der Waals surface area contributed by atoms with Crippen molar-refractivity contribution in [1.82, 2.24) is 9.97 Å². The Labute approximate surface area is 172 Å². The van der Waals surface area contributed by atoms with Crippen LogP contribution in [0, 0.1) is 9.39 Å². The lowest BCUT2D eigenvalue weighted by molar-refractivity contribution is 0.277. The molecule has 0 aliphatic carbocycles. The molecule has 2 rings (SSSR count). The number of hydrogen-bond acceptors (Lipinski definition) is 4. The zero-order valence-electron chi connectivity index (χ0n) is 15.3. The zero-order chi connectivity index (χ0) is 19.0. The normalized spacial score (nSPS) is 12.8. The van der Waals surface area contributed by atoms with Crippen molar-refractivity contribution in [3.05, 3.63) is 26.2 Å². The van der Waals surface area contributed by atoms with Gasteiger partial charge in [-0.2, -0.15) is 0 Å². The largest absolute Gasteiger partial charge is 0.412 e. The maximum Gasteiger partial charge on any atom is 0.192 e. The van der Waals surface area contributed by atoms with Gasteiger partial charge in [-0.1, -0.05) is 51.1 Å². The van der Waals surface area contributed by atoms with Crippen LogP contribution in [-0.4, -0.2) is 24.0 Å². The van der Waals surface area contributed by atoms with E-state index in [-0.39, 0.29) is 5.04 Å². The summed E-state index contributed by atoms with van der Waals surface area (Å²) in [5.74, 6) is 0.441. The highest BCUT2D eigenvalue weighted by Gasteiger charge is 2.37. The van der Waals surface area contributed by atoms with Crippen LogP contribution < -0.4 is 0 Å². The first-order valence-electron chi connectivity index (χ1n) is 8.08. The lowest BCUT2D eigenvalue weighted by Crippen LogP contribution is -2.40. The summed E-state index contributed by atoms with van der Waals surface area (Å²) in [6.07, 6.45) is 1.66. The number of thioether (sulfide) groups is 1. The van der Waals surface area contributed by atoms with Crippen LogP contribution in [0.25, 0.3) is 10.9 Å². The quantitative estimate of drug-likeness (QED) is 0.147. The highest BCUT2D eigenvalue weighted by Crippen LogP contribution is 2.39. The summed E-state index contributed by atoms with van der Waals surface area (Å²) in [6, 6.07) is 0. The predicted molar refractivity (Wildman–Crippen MR) is 116 cm³/mol. The first kappa shape index (κ1) is 21.3. The molecule has 0 aliphatic rings. The molecule has 0 saturated heterocycles. The van der Waals surface area contributed by atoms with E-state index in [1.165, 1.54) is 11.8 Å². The highest BCUT2D eigenvalue weighted by atomic mass is 127. The van der Waals surface area contributed by atoms with Gasteiger partial charge in [0.05, 0.1) is 15.2 Å². The van der Waals surface area contributed by atoms with Gasteiger partial charge in [0.1, 0.15) is 5.52 Å². The van der Waals surface area contributed by atoms with E-state index in [0.717, 1.165) is 11.3 Å². The van der Waals surface area contributed by atoms with E-state index in [1.807, 2.05) is 29.5 Å². The molecule has 0 bridgehead atoms. The smallest absolute Gasteiger partial charge is 0.192 e. The molecule has 25 heavy (non-hydrogen) atoms. The van der Waals surface area contributed by atoms with Gasteiger partial charge in [0.15, 0.2) is 19.3 Å². The summed E-state index contributed by atoms with van der Waals surface area (Å²) in [5.41, 5.74) is 1.08. The molecule has 0 amide bonds. The first-order chi connectivity index (χ1) is 11.5. The summed E-state index contributed by atoms with van der Waals surface area (Å²) in [6.45, 7) is 13.3. The Morgan fingerprint density at radius 1 is 1.36 bits per heavy atom. The Hall–Kier alpha value is 0.0369. The number of halogens is 3. The summed E-state index contributed by atoms with van der Waals surface area (Å²) in [4.78, 5) is 8.73. The third kappa shape index (κ3) is 4.48. The molecule has 3 nitrogen and oxygen atoms in total. The van der Waals surface area contributed by atoms with Gasteiger partial charge in [0.2, 0.25) is 0 Å². The van der Waals surface area contributed by atoms with Crippen LogP contribution in [0.4, 0.5) is 4.39 Å². The van der Waals surface area contributed by atoms with Crippen molar-refractivity contribution in [1.29, 1.82) is 0 Å². The van der Waals surface area contributed by atoms with Crippen LogP contribution in [0.5, 0.6) is 0 Å². The van der Waals surface area contributed by atoms with Gasteiger partial charge < -0.3 is 4.43 Å². The minimum Gasteiger partial charge on any atom is -0.412 e. The van der Waals surface area contributed by atoms with Crippen LogP contribution in [0.15, 0.2) is 11.4 Å². The van der Waals surface area contributed by atoms with Crippen LogP contribution in [-0.2, 0) is 11.0 Å². The molecule has 0 unspecified atom stereocenters. The second-order valence-corrected chi connectivity index (χ2v) is 14.8. The fourth-order valence-corrected chi connectivity index (χ4v) is 4.31. The molecule has 0 fully saturated rings. The summed E-state index contributed by atoms with van der Waals surface area (Å²) in [5, 5.41) is 1.68. The molecule has 8 heteroatoms. The molecule has 0 spiro atoms. The highest BCUT2D eigenvalue weighted by molar-refractivity contribution is 14.1. The van der Waals surface area contributed by atoms with E-state index >= 15 is 0 Å². The van der Waals surface area contributed by atoms with Crippen molar-refractivity contribution in [3.63, 3.8) is 0 Å². The fourth-order valence-electron chi connectivity index (χ4n) is 2.01. The lowest BCUT2D eigenvalue weighted by atomic mass is 10.1. The van der Waals surface area contributed by atoms with Crippen LogP contribution in [0.2, 0.25) is 23.2 Å². The van der Waals surface area contributed by atoms with E-state index in [0.29, 0.717) is 31.3 Å². The average molecular weight is 513 g/mol. The van der Waals surface area contributed by atoms with Gasteiger partial charge in [0, 0.05) is 17.1 Å². The summed E-state index contributed by atoms with van der Waals surface area (Å²) >= 11 is 9.87. The second kappa shape index (κ2) is 7.96. The van der Waals surface area contributed by atoms with Gasteiger partial charge in [-0.15, -0.1) is 0 Å². The van der Waals surface area contributed by atoms with E-state index in [4.69, 9.17) is 16.0 Å².